The number of aromatic nitrogens is 1. The highest BCUT2D eigenvalue weighted by atomic mass is 16.5. The van der Waals surface area contributed by atoms with Gasteiger partial charge in [-0.1, -0.05) is 0 Å². The number of urea groups is 1. The van der Waals surface area contributed by atoms with Crippen molar-refractivity contribution in [1.29, 1.82) is 0 Å². The number of ether oxygens (including phenoxy) is 3. The second-order valence-electron chi connectivity index (χ2n) is 9.33. The standard InChI is InChI=1S/C27H38N6O5/c1-5-28-27(35)32(12-11-31-13-15-38-16-14-31)19-26(34)33-24(18-22(29-33)23-7-6-10-30(23)2)21-17-20(36-3)8-9-25(21)37-4/h6-10,17,24H,5,11-16,18-19H2,1-4H3,(H,28,35)/t24-/m1/s1. The number of morpholine rings is 1. The fraction of sp³-hybridized carbons (Fsp3) is 0.519. The molecule has 2 aliphatic heterocycles. The maximum absolute atomic E-state index is 13.8. The van der Waals surface area contributed by atoms with E-state index in [1.165, 1.54) is 5.01 Å². The van der Waals surface area contributed by atoms with E-state index in [0.717, 1.165) is 30.1 Å². The third-order valence-electron chi connectivity index (χ3n) is 6.93. The van der Waals surface area contributed by atoms with Gasteiger partial charge in [-0.25, -0.2) is 9.80 Å². The van der Waals surface area contributed by atoms with Crippen LogP contribution in [0.2, 0.25) is 0 Å². The number of carbonyl (C=O) groups is 2. The minimum absolute atomic E-state index is 0.0944. The molecule has 1 saturated heterocycles. The number of nitrogens with zero attached hydrogens (tertiary/aromatic N) is 5. The summed E-state index contributed by atoms with van der Waals surface area (Å²) in [5.74, 6) is 1.04. The van der Waals surface area contributed by atoms with Crippen LogP contribution in [0.3, 0.4) is 0 Å². The van der Waals surface area contributed by atoms with Crippen molar-refractivity contribution in [2.24, 2.45) is 12.1 Å². The Morgan fingerprint density at radius 1 is 1.18 bits per heavy atom. The number of benzene rings is 1. The van der Waals surface area contributed by atoms with Crippen LogP contribution >= 0.6 is 0 Å². The van der Waals surface area contributed by atoms with E-state index in [9.17, 15) is 9.59 Å². The van der Waals surface area contributed by atoms with Gasteiger partial charge in [-0.3, -0.25) is 9.69 Å². The molecule has 0 bridgehead atoms. The molecule has 0 spiro atoms. The highest BCUT2D eigenvalue weighted by molar-refractivity contribution is 6.02. The van der Waals surface area contributed by atoms with Crippen LogP contribution in [0, 0.1) is 0 Å². The van der Waals surface area contributed by atoms with Crippen molar-refractivity contribution in [3.8, 4) is 11.5 Å². The minimum atomic E-state index is -0.409. The molecular weight excluding hydrogens is 488 g/mol. The lowest BCUT2D eigenvalue weighted by atomic mass is 9.99. The number of hydrogen-bond acceptors (Lipinski definition) is 7. The third kappa shape index (κ3) is 6.28. The zero-order chi connectivity index (χ0) is 27.1. The van der Waals surface area contributed by atoms with E-state index < -0.39 is 6.04 Å². The molecule has 2 aromatic rings. The highest BCUT2D eigenvalue weighted by Crippen LogP contribution is 2.39. The van der Waals surface area contributed by atoms with Gasteiger partial charge in [-0.15, -0.1) is 0 Å². The number of nitrogens with one attached hydrogen (secondary N) is 1. The lowest BCUT2D eigenvalue weighted by Crippen LogP contribution is -2.49. The Morgan fingerprint density at radius 3 is 2.63 bits per heavy atom. The summed E-state index contributed by atoms with van der Waals surface area (Å²) >= 11 is 0. The molecule has 3 amide bonds. The molecule has 4 rings (SSSR count). The molecule has 1 N–H and O–H groups in total. The van der Waals surface area contributed by atoms with Gasteiger partial charge in [0.1, 0.15) is 18.0 Å². The molecule has 2 aliphatic rings. The molecular formula is C27H38N6O5. The van der Waals surface area contributed by atoms with Crippen molar-refractivity contribution >= 4 is 17.6 Å². The summed E-state index contributed by atoms with van der Waals surface area (Å²) in [5, 5.41) is 9.13. The molecule has 1 aromatic heterocycles. The van der Waals surface area contributed by atoms with E-state index in [-0.39, 0.29) is 18.5 Å². The summed E-state index contributed by atoms with van der Waals surface area (Å²) < 4.78 is 18.5. The zero-order valence-electron chi connectivity index (χ0n) is 22.7. The van der Waals surface area contributed by atoms with E-state index >= 15 is 0 Å². The predicted octanol–water partition coefficient (Wildman–Crippen LogP) is 2.08. The fourth-order valence-electron chi connectivity index (χ4n) is 4.84. The van der Waals surface area contributed by atoms with Gasteiger partial charge in [0.2, 0.25) is 0 Å². The van der Waals surface area contributed by atoms with Gasteiger partial charge in [0, 0.05) is 58.0 Å². The number of rotatable bonds is 10. The van der Waals surface area contributed by atoms with Gasteiger partial charge < -0.3 is 29.0 Å². The molecule has 0 unspecified atom stereocenters. The van der Waals surface area contributed by atoms with Crippen LogP contribution < -0.4 is 14.8 Å². The quantitative estimate of drug-likeness (QED) is 0.509. The summed E-state index contributed by atoms with van der Waals surface area (Å²) in [6.45, 7) is 6.31. The molecule has 1 fully saturated rings. The first-order valence-electron chi connectivity index (χ1n) is 13.0. The maximum Gasteiger partial charge on any atom is 0.317 e. The monoisotopic (exact) mass is 526 g/mol. The van der Waals surface area contributed by atoms with Crippen molar-refractivity contribution in [3.05, 3.63) is 47.8 Å². The SMILES string of the molecule is CCNC(=O)N(CCN1CCOCC1)CC(=O)N1N=C(c2cccn2C)C[C@@H]1c1cc(OC)ccc1OC. The lowest BCUT2D eigenvalue weighted by molar-refractivity contribution is -0.133. The molecule has 0 saturated carbocycles. The molecule has 11 nitrogen and oxygen atoms in total. The van der Waals surface area contributed by atoms with Crippen LogP contribution in [0.1, 0.15) is 30.6 Å². The van der Waals surface area contributed by atoms with Gasteiger partial charge in [0.25, 0.3) is 5.91 Å². The topological polar surface area (TPSA) is 101 Å². The van der Waals surface area contributed by atoms with E-state index in [4.69, 9.17) is 19.3 Å². The molecule has 206 valence electrons. The molecule has 1 atom stereocenters. The zero-order valence-corrected chi connectivity index (χ0v) is 22.7. The third-order valence-corrected chi connectivity index (χ3v) is 6.93. The van der Waals surface area contributed by atoms with E-state index in [1.807, 2.05) is 55.1 Å². The van der Waals surface area contributed by atoms with Crippen molar-refractivity contribution in [3.63, 3.8) is 0 Å². The summed E-state index contributed by atoms with van der Waals surface area (Å²) in [5.41, 5.74) is 2.52. The van der Waals surface area contributed by atoms with Crippen molar-refractivity contribution < 1.29 is 23.8 Å². The Bertz CT molecular complexity index is 1140. The Hall–Kier alpha value is -3.57. The van der Waals surface area contributed by atoms with Gasteiger partial charge in [-0.05, 0) is 37.3 Å². The molecule has 0 aliphatic carbocycles. The number of methoxy groups -OCH3 is 2. The summed E-state index contributed by atoms with van der Waals surface area (Å²) in [6, 6.07) is 8.80. The van der Waals surface area contributed by atoms with E-state index in [0.29, 0.717) is 50.8 Å². The molecule has 3 heterocycles. The van der Waals surface area contributed by atoms with Crippen LogP contribution in [0.15, 0.2) is 41.6 Å². The normalized spacial score (nSPS) is 17.7. The van der Waals surface area contributed by atoms with Crippen LogP contribution in [-0.2, 0) is 16.6 Å². The summed E-state index contributed by atoms with van der Waals surface area (Å²) in [4.78, 5) is 30.6. The summed E-state index contributed by atoms with van der Waals surface area (Å²) in [6.07, 6.45) is 2.45. The van der Waals surface area contributed by atoms with E-state index in [1.54, 1.807) is 19.1 Å². The molecule has 0 radical (unpaired) electrons. The summed E-state index contributed by atoms with van der Waals surface area (Å²) in [7, 11) is 5.16. The van der Waals surface area contributed by atoms with Gasteiger partial charge in [0.15, 0.2) is 0 Å². The number of aryl methyl sites for hydroxylation is 1. The van der Waals surface area contributed by atoms with Crippen molar-refractivity contribution in [1.82, 2.24) is 24.7 Å². The van der Waals surface area contributed by atoms with Gasteiger partial charge in [-0.2, -0.15) is 5.10 Å². The lowest BCUT2D eigenvalue weighted by Gasteiger charge is -2.31. The predicted molar refractivity (Wildman–Crippen MR) is 144 cm³/mol. The number of hydrazone groups is 1. The average Bonchev–Trinajstić information content (AvgIpc) is 3.57. The average molecular weight is 527 g/mol. The van der Waals surface area contributed by atoms with Crippen molar-refractivity contribution in [2.75, 3.05) is 66.7 Å². The number of hydrogen-bond donors (Lipinski definition) is 1. The fourth-order valence-corrected chi connectivity index (χ4v) is 4.84. The van der Waals surface area contributed by atoms with Gasteiger partial charge in [0.05, 0.1) is 44.9 Å². The second kappa shape index (κ2) is 12.8. The highest BCUT2D eigenvalue weighted by Gasteiger charge is 2.37. The smallest absolute Gasteiger partial charge is 0.317 e. The van der Waals surface area contributed by atoms with E-state index in [2.05, 4.69) is 10.2 Å². The van der Waals surface area contributed by atoms with Crippen LogP contribution in [-0.4, -0.2) is 104 Å². The maximum atomic E-state index is 13.8. The largest absolute Gasteiger partial charge is 0.497 e. The number of amides is 3. The molecule has 38 heavy (non-hydrogen) atoms. The second-order valence-corrected chi connectivity index (χ2v) is 9.33. The van der Waals surface area contributed by atoms with Crippen LogP contribution in [0.4, 0.5) is 4.79 Å². The Labute approximate surface area is 223 Å². The minimum Gasteiger partial charge on any atom is -0.497 e. The first-order chi connectivity index (χ1) is 18.4. The van der Waals surface area contributed by atoms with Crippen LogP contribution in [0.5, 0.6) is 11.5 Å². The number of carbonyl (C=O) groups excluding carboxylic acids is 2. The Kier molecular flexibility index (Phi) is 9.24. The first kappa shape index (κ1) is 27.5. The molecule has 1 aromatic carbocycles. The van der Waals surface area contributed by atoms with Gasteiger partial charge >= 0.3 is 6.03 Å². The Balaban J connectivity index is 1.61. The van der Waals surface area contributed by atoms with Crippen molar-refractivity contribution in [2.45, 2.75) is 19.4 Å². The van der Waals surface area contributed by atoms with Crippen LogP contribution in [0.25, 0.3) is 0 Å². The first-order valence-corrected chi connectivity index (χ1v) is 13.0. The Morgan fingerprint density at radius 2 is 1.97 bits per heavy atom. The molecule has 11 heteroatoms.